The second kappa shape index (κ2) is 6.07. The molecule has 0 spiro atoms. The zero-order valence-electron chi connectivity index (χ0n) is 9.33. The minimum absolute atomic E-state index is 0.893. The molecule has 0 aliphatic carbocycles. The SMILES string of the molecule is C=CCCc1c(CC=C)cccc1OC. The van der Waals surface area contributed by atoms with Crippen molar-refractivity contribution in [3.05, 3.63) is 54.6 Å². The van der Waals surface area contributed by atoms with E-state index in [9.17, 15) is 0 Å². The molecule has 0 aliphatic heterocycles. The van der Waals surface area contributed by atoms with Crippen molar-refractivity contribution < 1.29 is 4.74 Å². The van der Waals surface area contributed by atoms with E-state index >= 15 is 0 Å². The molecule has 1 rings (SSSR count). The minimum atomic E-state index is 0.893. The van der Waals surface area contributed by atoms with Gasteiger partial charge in [0.25, 0.3) is 0 Å². The predicted octanol–water partition coefficient (Wildman–Crippen LogP) is 3.54. The molecule has 0 saturated heterocycles. The molecule has 15 heavy (non-hydrogen) atoms. The van der Waals surface area contributed by atoms with Crippen LogP contribution in [0.2, 0.25) is 0 Å². The molecule has 0 bridgehead atoms. The normalized spacial score (nSPS) is 9.67. The fraction of sp³-hybridized carbons (Fsp3) is 0.286. The van der Waals surface area contributed by atoms with Crippen LogP contribution in [0.3, 0.4) is 0 Å². The quantitative estimate of drug-likeness (QED) is 0.641. The Hall–Kier alpha value is -1.50. The summed E-state index contributed by atoms with van der Waals surface area (Å²) in [4.78, 5) is 0. The molecule has 1 heteroatoms. The first-order valence-electron chi connectivity index (χ1n) is 5.20. The first kappa shape index (κ1) is 11.6. The van der Waals surface area contributed by atoms with E-state index in [1.807, 2.05) is 24.3 Å². The van der Waals surface area contributed by atoms with E-state index in [2.05, 4.69) is 19.2 Å². The van der Waals surface area contributed by atoms with Crippen LogP contribution in [0.1, 0.15) is 17.5 Å². The number of methoxy groups -OCH3 is 1. The Bertz CT molecular complexity index is 339. The van der Waals surface area contributed by atoms with Gasteiger partial charge < -0.3 is 4.74 Å². The van der Waals surface area contributed by atoms with Crippen molar-refractivity contribution in [1.82, 2.24) is 0 Å². The van der Waals surface area contributed by atoms with E-state index in [-0.39, 0.29) is 0 Å². The van der Waals surface area contributed by atoms with Crippen LogP contribution < -0.4 is 4.74 Å². The lowest BCUT2D eigenvalue weighted by Gasteiger charge is -2.12. The molecule has 0 unspecified atom stereocenters. The molecule has 0 aliphatic rings. The maximum absolute atomic E-state index is 5.36. The van der Waals surface area contributed by atoms with Crippen molar-refractivity contribution in [2.45, 2.75) is 19.3 Å². The maximum atomic E-state index is 5.36. The predicted molar refractivity (Wildman–Crippen MR) is 65.4 cm³/mol. The first-order chi connectivity index (χ1) is 7.33. The Balaban J connectivity index is 3.01. The van der Waals surface area contributed by atoms with Gasteiger partial charge in [0.15, 0.2) is 0 Å². The summed E-state index contributed by atoms with van der Waals surface area (Å²) in [5, 5.41) is 0. The summed E-state index contributed by atoms with van der Waals surface area (Å²) in [5.74, 6) is 0.969. The van der Waals surface area contributed by atoms with Gasteiger partial charge in [-0.05, 0) is 36.5 Å². The number of ether oxygens (including phenoxy) is 1. The Kier molecular flexibility index (Phi) is 4.69. The Morgan fingerprint density at radius 3 is 2.67 bits per heavy atom. The summed E-state index contributed by atoms with van der Waals surface area (Å²) in [6, 6.07) is 6.16. The summed E-state index contributed by atoms with van der Waals surface area (Å²) < 4.78 is 5.36. The Labute approximate surface area is 92.1 Å². The van der Waals surface area contributed by atoms with Crippen molar-refractivity contribution in [3.8, 4) is 5.75 Å². The van der Waals surface area contributed by atoms with E-state index < -0.39 is 0 Å². The fourth-order valence-corrected chi connectivity index (χ4v) is 1.68. The zero-order chi connectivity index (χ0) is 11.1. The third kappa shape index (κ3) is 2.98. The molecule has 1 aromatic carbocycles. The average Bonchev–Trinajstić information content (AvgIpc) is 2.27. The largest absolute Gasteiger partial charge is 0.496 e. The standard InChI is InChI=1S/C14H18O/c1-4-6-10-13-12(8-5-2)9-7-11-14(13)15-3/h4-5,7,9,11H,1-2,6,8,10H2,3H3. The van der Waals surface area contributed by atoms with Gasteiger partial charge in [0.1, 0.15) is 5.75 Å². The second-order valence-corrected chi connectivity index (χ2v) is 3.42. The molecular formula is C14H18O. The van der Waals surface area contributed by atoms with Crippen LogP contribution in [-0.4, -0.2) is 7.11 Å². The topological polar surface area (TPSA) is 9.23 Å². The molecule has 0 radical (unpaired) electrons. The molecule has 0 saturated carbocycles. The lowest BCUT2D eigenvalue weighted by atomic mass is 9.99. The van der Waals surface area contributed by atoms with Crippen molar-refractivity contribution in [3.63, 3.8) is 0 Å². The third-order valence-electron chi connectivity index (χ3n) is 2.41. The van der Waals surface area contributed by atoms with Gasteiger partial charge in [-0.25, -0.2) is 0 Å². The maximum Gasteiger partial charge on any atom is 0.122 e. The number of hydrogen-bond acceptors (Lipinski definition) is 1. The number of rotatable bonds is 6. The van der Waals surface area contributed by atoms with Crippen LogP contribution in [-0.2, 0) is 12.8 Å². The number of hydrogen-bond donors (Lipinski definition) is 0. The summed E-state index contributed by atoms with van der Waals surface area (Å²) >= 11 is 0. The third-order valence-corrected chi connectivity index (χ3v) is 2.41. The molecule has 1 nitrogen and oxygen atoms in total. The minimum Gasteiger partial charge on any atom is -0.496 e. The first-order valence-corrected chi connectivity index (χ1v) is 5.20. The van der Waals surface area contributed by atoms with Gasteiger partial charge in [0.05, 0.1) is 7.11 Å². The van der Waals surface area contributed by atoms with E-state index in [0.717, 1.165) is 25.0 Å². The monoisotopic (exact) mass is 202 g/mol. The molecule has 0 N–H and O–H groups in total. The highest BCUT2D eigenvalue weighted by molar-refractivity contribution is 5.41. The Morgan fingerprint density at radius 1 is 1.27 bits per heavy atom. The fourth-order valence-electron chi connectivity index (χ4n) is 1.68. The second-order valence-electron chi connectivity index (χ2n) is 3.42. The lowest BCUT2D eigenvalue weighted by Crippen LogP contribution is -1.97. The zero-order valence-corrected chi connectivity index (χ0v) is 9.33. The van der Waals surface area contributed by atoms with Gasteiger partial charge in [0, 0.05) is 0 Å². The smallest absolute Gasteiger partial charge is 0.122 e. The van der Waals surface area contributed by atoms with Crippen molar-refractivity contribution in [2.75, 3.05) is 7.11 Å². The highest BCUT2D eigenvalue weighted by Gasteiger charge is 2.06. The van der Waals surface area contributed by atoms with Crippen molar-refractivity contribution in [1.29, 1.82) is 0 Å². The Morgan fingerprint density at radius 2 is 2.07 bits per heavy atom. The number of allylic oxidation sites excluding steroid dienone is 2. The van der Waals surface area contributed by atoms with E-state index in [0.29, 0.717) is 0 Å². The van der Waals surface area contributed by atoms with Gasteiger partial charge >= 0.3 is 0 Å². The van der Waals surface area contributed by atoms with Crippen molar-refractivity contribution in [2.24, 2.45) is 0 Å². The van der Waals surface area contributed by atoms with Crippen LogP contribution in [0.15, 0.2) is 43.5 Å². The summed E-state index contributed by atoms with van der Waals surface area (Å²) in [6.45, 7) is 7.52. The van der Waals surface area contributed by atoms with Crippen LogP contribution >= 0.6 is 0 Å². The lowest BCUT2D eigenvalue weighted by molar-refractivity contribution is 0.409. The molecule has 0 aromatic heterocycles. The van der Waals surface area contributed by atoms with Gasteiger partial charge in [-0.15, -0.1) is 13.2 Å². The summed E-state index contributed by atoms with van der Waals surface area (Å²) in [6.07, 6.45) is 6.71. The summed E-state index contributed by atoms with van der Waals surface area (Å²) in [7, 11) is 1.71. The van der Waals surface area contributed by atoms with Gasteiger partial charge in [0.2, 0.25) is 0 Å². The van der Waals surface area contributed by atoms with E-state index in [4.69, 9.17) is 4.74 Å². The van der Waals surface area contributed by atoms with Crippen LogP contribution in [0.5, 0.6) is 5.75 Å². The highest BCUT2D eigenvalue weighted by Crippen LogP contribution is 2.24. The molecule has 0 heterocycles. The van der Waals surface area contributed by atoms with Gasteiger partial charge in [-0.2, -0.15) is 0 Å². The number of benzene rings is 1. The summed E-state index contributed by atoms with van der Waals surface area (Å²) in [5.41, 5.74) is 2.58. The van der Waals surface area contributed by atoms with Gasteiger partial charge in [-0.1, -0.05) is 24.3 Å². The molecule has 0 amide bonds. The van der Waals surface area contributed by atoms with Crippen LogP contribution in [0.25, 0.3) is 0 Å². The molecule has 80 valence electrons. The molecule has 0 fully saturated rings. The van der Waals surface area contributed by atoms with E-state index in [1.54, 1.807) is 7.11 Å². The molecular weight excluding hydrogens is 184 g/mol. The van der Waals surface area contributed by atoms with Crippen LogP contribution in [0, 0.1) is 0 Å². The van der Waals surface area contributed by atoms with Crippen molar-refractivity contribution >= 4 is 0 Å². The van der Waals surface area contributed by atoms with E-state index in [1.165, 1.54) is 11.1 Å². The molecule has 1 aromatic rings. The highest BCUT2D eigenvalue weighted by atomic mass is 16.5. The molecule has 0 atom stereocenters. The van der Waals surface area contributed by atoms with Gasteiger partial charge in [-0.3, -0.25) is 0 Å². The average molecular weight is 202 g/mol. The van der Waals surface area contributed by atoms with Crippen LogP contribution in [0.4, 0.5) is 0 Å².